The zero-order valence-corrected chi connectivity index (χ0v) is 19.7. The van der Waals surface area contributed by atoms with Gasteiger partial charge in [0.1, 0.15) is 11.6 Å². The van der Waals surface area contributed by atoms with Gasteiger partial charge in [-0.1, -0.05) is 37.6 Å². The van der Waals surface area contributed by atoms with E-state index in [2.05, 4.69) is 32.6 Å². The molecule has 31 heavy (non-hydrogen) atoms. The van der Waals surface area contributed by atoms with E-state index in [9.17, 15) is 9.18 Å². The zero-order chi connectivity index (χ0) is 22.7. The van der Waals surface area contributed by atoms with Crippen LogP contribution in [0.25, 0.3) is 0 Å². The molecule has 4 nitrogen and oxygen atoms in total. The van der Waals surface area contributed by atoms with Gasteiger partial charge in [0.05, 0.1) is 0 Å². The van der Waals surface area contributed by atoms with E-state index in [-0.39, 0.29) is 36.3 Å². The second kappa shape index (κ2) is 10.0. The van der Waals surface area contributed by atoms with Gasteiger partial charge in [0.15, 0.2) is 6.61 Å². The molecule has 1 aliphatic rings. The predicted molar refractivity (Wildman–Crippen MR) is 123 cm³/mol. The molecule has 6 heteroatoms. The Labute approximate surface area is 189 Å². The van der Waals surface area contributed by atoms with Gasteiger partial charge in [-0.3, -0.25) is 9.69 Å². The maximum Gasteiger partial charge on any atom is 0.260 e. The van der Waals surface area contributed by atoms with Crippen LogP contribution >= 0.6 is 11.6 Å². The topological polar surface area (TPSA) is 32.8 Å². The van der Waals surface area contributed by atoms with Crippen LogP contribution < -0.4 is 4.74 Å². The standard InChI is InChI=1S/C25H32ClFN2O2/c1-16(2)22-11-23(26)17(3)10-24(22)31-15-25(30)29-13-18(4)28(12-19(29)5)14-20-6-8-21(27)9-7-20/h6-11,16,18-19H,12-15H2,1-5H3/t18-,19+/m1/s1. The number of aryl methyl sites for hydroxylation is 1. The molecule has 3 rings (SSSR count). The maximum atomic E-state index is 13.2. The number of halogens is 2. The van der Waals surface area contributed by atoms with Crippen LogP contribution in [0, 0.1) is 12.7 Å². The Balaban J connectivity index is 1.62. The van der Waals surface area contributed by atoms with E-state index in [0.717, 1.165) is 35.5 Å². The van der Waals surface area contributed by atoms with Crippen molar-refractivity contribution in [2.24, 2.45) is 0 Å². The highest BCUT2D eigenvalue weighted by Gasteiger charge is 2.32. The quantitative estimate of drug-likeness (QED) is 0.594. The fraction of sp³-hybridized carbons (Fsp3) is 0.480. The molecule has 0 aromatic heterocycles. The van der Waals surface area contributed by atoms with Gasteiger partial charge in [0.25, 0.3) is 5.91 Å². The number of ether oxygens (including phenoxy) is 1. The fourth-order valence-electron chi connectivity index (χ4n) is 4.06. The van der Waals surface area contributed by atoms with E-state index in [1.807, 2.05) is 36.1 Å². The van der Waals surface area contributed by atoms with Crippen molar-refractivity contribution in [3.05, 3.63) is 63.9 Å². The lowest BCUT2D eigenvalue weighted by atomic mass is 10.0. The van der Waals surface area contributed by atoms with Gasteiger partial charge in [-0.05, 0) is 67.6 Å². The van der Waals surface area contributed by atoms with Gasteiger partial charge < -0.3 is 9.64 Å². The highest BCUT2D eigenvalue weighted by atomic mass is 35.5. The van der Waals surface area contributed by atoms with Crippen LogP contribution in [0.15, 0.2) is 36.4 Å². The van der Waals surface area contributed by atoms with Gasteiger partial charge in [0, 0.05) is 36.7 Å². The molecule has 0 aliphatic carbocycles. The highest BCUT2D eigenvalue weighted by Crippen LogP contribution is 2.32. The van der Waals surface area contributed by atoms with Crippen molar-refractivity contribution < 1.29 is 13.9 Å². The summed E-state index contributed by atoms with van der Waals surface area (Å²) in [7, 11) is 0. The molecule has 0 spiro atoms. The maximum absolute atomic E-state index is 13.2. The van der Waals surface area contributed by atoms with E-state index < -0.39 is 0 Å². The molecule has 0 unspecified atom stereocenters. The Morgan fingerprint density at radius 3 is 2.48 bits per heavy atom. The lowest BCUT2D eigenvalue weighted by Gasteiger charge is -2.44. The first-order valence-corrected chi connectivity index (χ1v) is 11.2. The number of nitrogens with zero attached hydrogens (tertiary/aromatic N) is 2. The molecule has 0 N–H and O–H groups in total. The molecule has 1 fully saturated rings. The van der Waals surface area contributed by atoms with E-state index in [1.54, 1.807) is 0 Å². The van der Waals surface area contributed by atoms with Crippen LogP contribution in [0.3, 0.4) is 0 Å². The molecule has 2 atom stereocenters. The third kappa shape index (κ3) is 5.78. The number of carbonyl (C=O) groups excluding carboxylic acids is 1. The van der Waals surface area contributed by atoms with Gasteiger partial charge >= 0.3 is 0 Å². The molecule has 1 saturated heterocycles. The molecule has 0 radical (unpaired) electrons. The van der Waals surface area contributed by atoms with Crippen LogP contribution in [0.2, 0.25) is 5.02 Å². The van der Waals surface area contributed by atoms with Crippen LogP contribution in [-0.2, 0) is 11.3 Å². The summed E-state index contributed by atoms with van der Waals surface area (Å²) in [6.45, 7) is 12.4. The van der Waals surface area contributed by atoms with E-state index in [4.69, 9.17) is 16.3 Å². The molecule has 1 amide bonds. The monoisotopic (exact) mass is 446 g/mol. The molecule has 1 heterocycles. The normalized spacial score (nSPS) is 19.7. The van der Waals surface area contributed by atoms with Crippen molar-refractivity contribution in [1.29, 1.82) is 0 Å². The van der Waals surface area contributed by atoms with Crippen molar-refractivity contribution in [2.45, 2.75) is 59.2 Å². The van der Waals surface area contributed by atoms with Gasteiger partial charge in [-0.15, -0.1) is 0 Å². The first-order valence-electron chi connectivity index (χ1n) is 10.9. The summed E-state index contributed by atoms with van der Waals surface area (Å²) in [5, 5.41) is 0.710. The minimum atomic E-state index is -0.225. The van der Waals surface area contributed by atoms with Crippen molar-refractivity contribution in [2.75, 3.05) is 19.7 Å². The summed E-state index contributed by atoms with van der Waals surface area (Å²) in [6.07, 6.45) is 0. The van der Waals surface area contributed by atoms with Crippen molar-refractivity contribution in [1.82, 2.24) is 9.80 Å². The highest BCUT2D eigenvalue weighted by molar-refractivity contribution is 6.31. The second-order valence-electron chi connectivity index (χ2n) is 8.88. The van der Waals surface area contributed by atoms with E-state index >= 15 is 0 Å². The van der Waals surface area contributed by atoms with Crippen molar-refractivity contribution in [3.8, 4) is 5.75 Å². The largest absolute Gasteiger partial charge is 0.483 e. The summed E-state index contributed by atoms with van der Waals surface area (Å²) in [5.41, 5.74) is 3.02. The van der Waals surface area contributed by atoms with Crippen LogP contribution in [0.4, 0.5) is 4.39 Å². The molecular formula is C25H32ClFN2O2. The number of piperazine rings is 1. The Hall–Kier alpha value is -2.11. The van der Waals surface area contributed by atoms with Gasteiger partial charge in [0.2, 0.25) is 0 Å². The molecule has 0 saturated carbocycles. The zero-order valence-electron chi connectivity index (χ0n) is 19.0. The third-order valence-corrected chi connectivity index (χ3v) is 6.41. The average Bonchev–Trinajstić information content (AvgIpc) is 2.72. The Morgan fingerprint density at radius 1 is 1.16 bits per heavy atom. The number of hydrogen-bond acceptors (Lipinski definition) is 3. The number of amides is 1. The first-order chi connectivity index (χ1) is 14.7. The molecule has 1 aliphatic heterocycles. The lowest BCUT2D eigenvalue weighted by molar-refractivity contribution is -0.139. The Morgan fingerprint density at radius 2 is 1.84 bits per heavy atom. The Bertz CT molecular complexity index is 916. The fourth-order valence-corrected chi connectivity index (χ4v) is 4.23. The van der Waals surface area contributed by atoms with Crippen LogP contribution in [0.5, 0.6) is 5.75 Å². The molecule has 0 bridgehead atoms. The van der Waals surface area contributed by atoms with Gasteiger partial charge in [-0.25, -0.2) is 4.39 Å². The summed E-state index contributed by atoms with van der Waals surface area (Å²) in [4.78, 5) is 17.2. The molecular weight excluding hydrogens is 415 g/mol. The SMILES string of the molecule is Cc1cc(OCC(=O)N2C[C@@H](C)N(Cc3ccc(F)cc3)C[C@@H]2C)c(C(C)C)cc1Cl. The van der Waals surface area contributed by atoms with Crippen LogP contribution in [0.1, 0.15) is 50.3 Å². The minimum Gasteiger partial charge on any atom is -0.483 e. The predicted octanol–water partition coefficient (Wildman–Crippen LogP) is 5.41. The molecule has 2 aromatic carbocycles. The second-order valence-corrected chi connectivity index (χ2v) is 9.29. The first kappa shape index (κ1) is 23.6. The molecule has 2 aromatic rings. The summed E-state index contributed by atoms with van der Waals surface area (Å²) in [6, 6.07) is 10.7. The smallest absolute Gasteiger partial charge is 0.260 e. The van der Waals surface area contributed by atoms with Gasteiger partial charge in [-0.2, -0.15) is 0 Å². The third-order valence-electron chi connectivity index (χ3n) is 6.00. The summed E-state index contributed by atoms with van der Waals surface area (Å²) < 4.78 is 19.1. The van der Waals surface area contributed by atoms with Crippen molar-refractivity contribution in [3.63, 3.8) is 0 Å². The number of rotatable bonds is 6. The van der Waals surface area contributed by atoms with Crippen molar-refractivity contribution >= 4 is 17.5 Å². The molecule has 168 valence electrons. The lowest BCUT2D eigenvalue weighted by Crippen LogP contribution is -2.58. The average molecular weight is 447 g/mol. The van der Waals surface area contributed by atoms with E-state index in [1.165, 1.54) is 12.1 Å². The minimum absolute atomic E-state index is 0.00974. The number of benzene rings is 2. The number of hydrogen-bond donors (Lipinski definition) is 0. The summed E-state index contributed by atoms with van der Waals surface area (Å²) in [5.74, 6) is 0.734. The Kier molecular flexibility index (Phi) is 7.60. The summed E-state index contributed by atoms with van der Waals surface area (Å²) >= 11 is 6.27. The van der Waals surface area contributed by atoms with E-state index in [0.29, 0.717) is 11.6 Å². The number of carbonyl (C=O) groups is 1. The van der Waals surface area contributed by atoms with Crippen LogP contribution in [-0.4, -0.2) is 47.5 Å².